The first-order valence-electron chi connectivity index (χ1n) is 11.2. The van der Waals surface area contributed by atoms with Crippen LogP contribution in [-0.4, -0.2) is 67.3 Å². The highest BCUT2D eigenvalue weighted by Crippen LogP contribution is 2.55. The van der Waals surface area contributed by atoms with E-state index in [0.717, 1.165) is 37.6 Å². The predicted molar refractivity (Wildman–Crippen MR) is 121 cm³/mol. The molecule has 1 saturated carbocycles. The minimum atomic E-state index is -1.10. The molecular weight excluding hydrogens is 443 g/mol. The third-order valence-corrected chi connectivity index (χ3v) is 6.64. The summed E-state index contributed by atoms with van der Waals surface area (Å²) >= 11 is 0. The molecule has 0 unspecified atom stereocenters. The highest BCUT2D eigenvalue weighted by molar-refractivity contribution is 5.93. The fourth-order valence-electron chi connectivity index (χ4n) is 4.48. The van der Waals surface area contributed by atoms with E-state index in [4.69, 9.17) is 14.7 Å². The van der Waals surface area contributed by atoms with E-state index < -0.39 is 29.0 Å². The maximum Gasteiger partial charge on any atom is 0.312 e. The number of hydroxylamine groups is 1. The molecule has 1 aromatic carbocycles. The zero-order valence-corrected chi connectivity index (χ0v) is 19.3. The number of pyridine rings is 1. The summed E-state index contributed by atoms with van der Waals surface area (Å²) in [6, 6.07) is 8.27. The van der Waals surface area contributed by atoms with Gasteiger partial charge in [0.25, 0.3) is 0 Å². The SMILES string of the molecule is COC(=O)[C@@]1(Cc2ccc(OCc3ccnc(N4CCN(C)CC4)c3)c(F)c2)C[C@@H]1C(=O)NO. The second kappa shape index (κ2) is 9.94. The Balaban J connectivity index is 1.40. The van der Waals surface area contributed by atoms with Gasteiger partial charge >= 0.3 is 5.97 Å². The molecule has 1 aromatic heterocycles. The van der Waals surface area contributed by atoms with Gasteiger partial charge in [0.15, 0.2) is 11.6 Å². The molecule has 4 rings (SSSR count). The quantitative estimate of drug-likeness (QED) is 0.340. The van der Waals surface area contributed by atoms with Gasteiger partial charge < -0.3 is 19.3 Å². The van der Waals surface area contributed by atoms with Crippen LogP contribution in [0.2, 0.25) is 0 Å². The van der Waals surface area contributed by atoms with E-state index in [9.17, 15) is 14.0 Å². The second-order valence-electron chi connectivity index (χ2n) is 8.92. The summed E-state index contributed by atoms with van der Waals surface area (Å²) in [6.07, 6.45) is 2.07. The van der Waals surface area contributed by atoms with Crippen molar-refractivity contribution in [3.8, 4) is 5.75 Å². The summed E-state index contributed by atoms with van der Waals surface area (Å²) in [5.41, 5.74) is 1.89. The molecular formula is C24H29FN4O5. The maximum absolute atomic E-state index is 14.8. The first kappa shape index (κ1) is 23.9. The molecule has 2 heterocycles. The average Bonchev–Trinajstić information content (AvgIpc) is 3.58. The first-order valence-corrected chi connectivity index (χ1v) is 11.2. The highest BCUT2D eigenvalue weighted by Gasteiger charge is 2.64. The Bertz CT molecular complexity index is 1060. The lowest BCUT2D eigenvalue weighted by atomic mass is 9.93. The minimum Gasteiger partial charge on any atom is -0.486 e. The van der Waals surface area contributed by atoms with E-state index in [-0.39, 0.29) is 25.2 Å². The molecule has 9 nitrogen and oxygen atoms in total. The Morgan fingerprint density at radius 3 is 2.65 bits per heavy atom. The van der Waals surface area contributed by atoms with Crippen molar-refractivity contribution < 1.29 is 28.7 Å². The number of rotatable bonds is 8. The molecule has 2 aromatic rings. The zero-order chi connectivity index (χ0) is 24.3. The Labute approximate surface area is 197 Å². The van der Waals surface area contributed by atoms with E-state index in [1.165, 1.54) is 19.2 Å². The highest BCUT2D eigenvalue weighted by atomic mass is 19.1. The van der Waals surface area contributed by atoms with Gasteiger partial charge in [-0.05, 0) is 55.3 Å². The number of benzene rings is 1. The molecule has 1 aliphatic carbocycles. The summed E-state index contributed by atoms with van der Waals surface area (Å²) in [5.74, 6) is -1.52. The van der Waals surface area contributed by atoms with Gasteiger partial charge in [-0.2, -0.15) is 0 Å². The van der Waals surface area contributed by atoms with E-state index in [1.807, 2.05) is 12.1 Å². The van der Waals surface area contributed by atoms with Crippen molar-refractivity contribution in [3.63, 3.8) is 0 Å². The average molecular weight is 473 g/mol. The lowest BCUT2D eigenvalue weighted by Gasteiger charge is -2.33. The third kappa shape index (κ3) is 4.97. The number of esters is 1. The van der Waals surface area contributed by atoms with Crippen LogP contribution in [0.25, 0.3) is 0 Å². The number of ether oxygens (including phenoxy) is 2. The smallest absolute Gasteiger partial charge is 0.312 e. The second-order valence-corrected chi connectivity index (χ2v) is 8.92. The summed E-state index contributed by atoms with van der Waals surface area (Å²) in [7, 11) is 3.33. The standard InChI is InChI=1S/C24H29FN4O5/c1-28-7-9-29(10-8-28)21-12-17(5-6-26-21)15-34-20-4-3-16(11-19(20)25)13-24(23(31)33-2)14-18(24)22(30)27-32/h3-6,11-12,18,32H,7-10,13-15H2,1-2H3,(H,27,30)/t18-,24+/m1/s1. The number of nitrogens with zero attached hydrogens (tertiary/aromatic N) is 3. The molecule has 34 heavy (non-hydrogen) atoms. The molecule has 1 amide bonds. The number of aromatic nitrogens is 1. The Hall–Kier alpha value is -3.24. The first-order chi connectivity index (χ1) is 16.4. The minimum absolute atomic E-state index is 0.0919. The van der Waals surface area contributed by atoms with E-state index in [2.05, 4.69) is 21.8 Å². The number of halogens is 1. The van der Waals surface area contributed by atoms with Crippen LogP contribution < -0.4 is 15.1 Å². The number of carbonyl (C=O) groups excluding carboxylic acids is 2. The third-order valence-electron chi connectivity index (χ3n) is 6.64. The van der Waals surface area contributed by atoms with Crippen LogP contribution >= 0.6 is 0 Å². The van der Waals surface area contributed by atoms with Crippen molar-refractivity contribution in [2.24, 2.45) is 11.3 Å². The van der Waals surface area contributed by atoms with E-state index in [0.29, 0.717) is 5.56 Å². The van der Waals surface area contributed by atoms with Gasteiger partial charge in [-0.3, -0.25) is 14.8 Å². The topological polar surface area (TPSA) is 104 Å². The molecule has 2 N–H and O–H groups in total. The number of amides is 1. The number of anilines is 1. The largest absolute Gasteiger partial charge is 0.486 e. The van der Waals surface area contributed by atoms with Crippen molar-refractivity contribution in [2.75, 3.05) is 45.2 Å². The van der Waals surface area contributed by atoms with E-state index in [1.54, 1.807) is 17.7 Å². The summed E-state index contributed by atoms with van der Waals surface area (Å²) in [5, 5.41) is 8.90. The normalized spacial score (nSPS) is 22.2. The van der Waals surface area contributed by atoms with E-state index >= 15 is 0 Å². The van der Waals surface area contributed by atoms with Crippen LogP contribution in [0.5, 0.6) is 5.75 Å². The monoisotopic (exact) mass is 472 g/mol. The number of piperazine rings is 1. The van der Waals surface area contributed by atoms with Crippen molar-refractivity contribution in [3.05, 3.63) is 53.5 Å². The maximum atomic E-state index is 14.8. The van der Waals surface area contributed by atoms with Crippen molar-refractivity contribution >= 4 is 17.7 Å². The Morgan fingerprint density at radius 2 is 1.97 bits per heavy atom. The van der Waals surface area contributed by atoms with Crippen molar-refractivity contribution in [1.29, 1.82) is 0 Å². The van der Waals surface area contributed by atoms with Gasteiger partial charge in [0.2, 0.25) is 5.91 Å². The molecule has 10 heteroatoms. The Kier molecular flexibility index (Phi) is 6.99. The van der Waals surface area contributed by atoms with Crippen molar-refractivity contribution in [2.45, 2.75) is 19.4 Å². The number of likely N-dealkylation sites (N-methyl/N-ethyl adjacent to an activating group) is 1. The summed E-state index contributed by atoms with van der Waals surface area (Å²) < 4.78 is 25.3. The molecule has 2 atom stereocenters. The molecule has 1 saturated heterocycles. The van der Waals surface area contributed by atoms with Gasteiger partial charge in [0, 0.05) is 32.4 Å². The van der Waals surface area contributed by atoms with Gasteiger partial charge in [0.05, 0.1) is 18.4 Å². The van der Waals surface area contributed by atoms with Gasteiger partial charge in [-0.1, -0.05) is 6.07 Å². The molecule has 2 fully saturated rings. The van der Waals surface area contributed by atoms with Crippen molar-refractivity contribution in [1.82, 2.24) is 15.4 Å². The van der Waals surface area contributed by atoms with Crippen LogP contribution in [0.15, 0.2) is 36.5 Å². The fraction of sp³-hybridized carbons (Fsp3) is 0.458. The van der Waals surface area contributed by atoms with Crippen LogP contribution in [0.1, 0.15) is 17.5 Å². The number of carbonyl (C=O) groups is 2. The molecule has 2 aliphatic rings. The van der Waals surface area contributed by atoms with Gasteiger partial charge in [-0.25, -0.2) is 14.9 Å². The fourth-order valence-corrected chi connectivity index (χ4v) is 4.48. The van der Waals surface area contributed by atoms with Crippen LogP contribution in [0.3, 0.4) is 0 Å². The predicted octanol–water partition coefficient (Wildman–Crippen LogP) is 1.78. The molecule has 0 spiro atoms. The summed E-state index contributed by atoms with van der Waals surface area (Å²) in [6.45, 7) is 3.94. The number of nitrogens with one attached hydrogen (secondary N) is 1. The van der Waals surface area contributed by atoms with Gasteiger partial charge in [-0.15, -0.1) is 0 Å². The molecule has 0 bridgehead atoms. The molecule has 0 radical (unpaired) electrons. The number of hydrogen-bond donors (Lipinski definition) is 2. The zero-order valence-electron chi connectivity index (χ0n) is 19.3. The molecule has 182 valence electrons. The van der Waals surface area contributed by atoms with Crippen LogP contribution in [0.4, 0.5) is 10.2 Å². The lowest BCUT2D eigenvalue weighted by molar-refractivity contribution is -0.149. The van der Waals surface area contributed by atoms with Gasteiger partial charge in [0.1, 0.15) is 12.4 Å². The lowest BCUT2D eigenvalue weighted by Crippen LogP contribution is -2.44. The van der Waals surface area contributed by atoms with Crippen LogP contribution in [-0.2, 0) is 27.4 Å². The Morgan fingerprint density at radius 1 is 1.21 bits per heavy atom. The molecule has 1 aliphatic heterocycles. The number of hydrogen-bond acceptors (Lipinski definition) is 8. The summed E-state index contributed by atoms with van der Waals surface area (Å²) in [4.78, 5) is 33.0. The van der Waals surface area contributed by atoms with Crippen LogP contribution in [0, 0.1) is 17.2 Å². The number of methoxy groups -OCH3 is 1.